The lowest BCUT2D eigenvalue weighted by Crippen LogP contribution is -2.27. The van der Waals surface area contributed by atoms with Crippen LogP contribution in [-0.2, 0) is 11.3 Å². The van der Waals surface area contributed by atoms with Gasteiger partial charge in [-0.1, -0.05) is 42.5 Å². The van der Waals surface area contributed by atoms with Crippen LogP contribution in [0.1, 0.15) is 30.0 Å². The van der Waals surface area contributed by atoms with Gasteiger partial charge >= 0.3 is 0 Å². The van der Waals surface area contributed by atoms with E-state index in [1.165, 1.54) is 12.1 Å². The van der Waals surface area contributed by atoms with Crippen LogP contribution >= 0.6 is 0 Å². The molecule has 1 fully saturated rings. The number of hydrogen-bond donors (Lipinski definition) is 0. The van der Waals surface area contributed by atoms with Crippen molar-refractivity contribution in [1.82, 2.24) is 9.78 Å². The maximum Gasteiger partial charge on any atom is 0.227 e. The number of carbonyl (C=O) groups excluding carboxylic acids is 1. The van der Waals surface area contributed by atoms with Crippen molar-refractivity contribution in [3.8, 4) is 0 Å². The van der Waals surface area contributed by atoms with Gasteiger partial charge in [0.05, 0.1) is 24.3 Å². The quantitative estimate of drug-likeness (QED) is 0.491. The van der Waals surface area contributed by atoms with Crippen molar-refractivity contribution in [3.05, 3.63) is 95.9 Å². The summed E-state index contributed by atoms with van der Waals surface area (Å²) >= 11 is 0. The molecule has 0 radical (unpaired) electrons. The van der Waals surface area contributed by atoms with Gasteiger partial charge in [-0.15, -0.1) is 0 Å². The van der Waals surface area contributed by atoms with Crippen molar-refractivity contribution in [2.75, 3.05) is 4.90 Å². The number of fused-ring (bicyclic) bond motifs is 1. The van der Waals surface area contributed by atoms with Crippen LogP contribution < -0.4 is 4.90 Å². The maximum absolute atomic E-state index is 13.1. The summed E-state index contributed by atoms with van der Waals surface area (Å²) in [5, 5.41) is 5.48. The van der Waals surface area contributed by atoms with E-state index in [9.17, 15) is 9.18 Å². The molecule has 3 aromatic carbocycles. The minimum Gasteiger partial charge on any atom is -0.305 e. The summed E-state index contributed by atoms with van der Waals surface area (Å²) in [5.41, 5.74) is 4.03. The second kappa shape index (κ2) is 7.17. The van der Waals surface area contributed by atoms with E-state index < -0.39 is 0 Å². The van der Waals surface area contributed by atoms with E-state index in [-0.39, 0.29) is 17.8 Å². The lowest BCUT2D eigenvalue weighted by atomic mass is 10.0. The highest BCUT2D eigenvalue weighted by atomic mass is 19.1. The number of amides is 1. The molecule has 1 aromatic heterocycles. The number of aromatic nitrogens is 2. The monoisotopic (exact) mass is 385 g/mol. The number of rotatable bonds is 4. The largest absolute Gasteiger partial charge is 0.305 e. The lowest BCUT2D eigenvalue weighted by Gasteiger charge is -2.25. The van der Waals surface area contributed by atoms with Gasteiger partial charge in [-0.3, -0.25) is 9.48 Å². The van der Waals surface area contributed by atoms with E-state index in [2.05, 4.69) is 17.2 Å². The first kappa shape index (κ1) is 17.6. The molecule has 1 atom stereocenters. The SMILES string of the molecule is O=C1CCC(c2ccccc2)N1c1ccc2c(cnn2Cc2ccc(F)cc2)c1. The van der Waals surface area contributed by atoms with E-state index >= 15 is 0 Å². The Kier molecular flexibility index (Phi) is 4.35. The molecule has 1 aliphatic heterocycles. The summed E-state index contributed by atoms with van der Waals surface area (Å²) in [4.78, 5) is 14.6. The number of carbonyl (C=O) groups is 1. The Morgan fingerprint density at radius 1 is 1.00 bits per heavy atom. The molecule has 0 bridgehead atoms. The van der Waals surface area contributed by atoms with Crippen LogP contribution in [-0.4, -0.2) is 15.7 Å². The molecule has 0 N–H and O–H groups in total. The Bertz CT molecular complexity index is 1170. The summed E-state index contributed by atoms with van der Waals surface area (Å²) < 4.78 is 15.0. The van der Waals surface area contributed by atoms with Gasteiger partial charge in [-0.25, -0.2) is 4.39 Å². The van der Waals surface area contributed by atoms with Crippen molar-refractivity contribution in [2.45, 2.75) is 25.4 Å². The number of benzene rings is 3. The molecule has 0 spiro atoms. The molecule has 1 saturated heterocycles. The van der Waals surface area contributed by atoms with Crippen LogP contribution in [0.4, 0.5) is 10.1 Å². The topological polar surface area (TPSA) is 38.1 Å². The van der Waals surface area contributed by atoms with Crippen molar-refractivity contribution in [3.63, 3.8) is 0 Å². The smallest absolute Gasteiger partial charge is 0.227 e. The molecular weight excluding hydrogens is 365 g/mol. The zero-order valence-electron chi connectivity index (χ0n) is 15.8. The standard InChI is InChI=1S/C24H20FN3O/c25-20-8-6-17(7-9-20)16-27-22-11-10-21(14-19(22)15-26-27)28-23(12-13-24(28)29)18-4-2-1-3-5-18/h1-11,14-15,23H,12-13,16H2. The Morgan fingerprint density at radius 3 is 2.59 bits per heavy atom. The third-order valence-corrected chi connectivity index (χ3v) is 5.55. The lowest BCUT2D eigenvalue weighted by molar-refractivity contribution is -0.117. The van der Waals surface area contributed by atoms with Crippen LogP contribution in [0.2, 0.25) is 0 Å². The van der Waals surface area contributed by atoms with Gasteiger partial charge in [0.15, 0.2) is 0 Å². The molecule has 5 heteroatoms. The van der Waals surface area contributed by atoms with E-state index in [4.69, 9.17) is 0 Å². The molecule has 0 saturated carbocycles. The molecule has 5 rings (SSSR count). The molecular formula is C24H20FN3O. The van der Waals surface area contributed by atoms with E-state index in [0.29, 0.717) is 13.0 Å². The highest BCUT2D eigenvalue weighted by Crippen LogP contribution is 2.38. The molecule has 0 aliphatic carbocycles. The normalized spacial score (nSPS) is 16.7. The van der Waals surface area contributed by atoms with Gasteiger partial charge in [-0.2, -0.15) is 5.10 Å². The van der Waals surface area contributed by atoms with Gasteiger partial charge in [-0.05, 0) is 47.9 Å². The molecule has 4 nitrogen and oxygen atoms in total. The fourth-order valence-electron chi connectivity index (χ4n) is 4.11. The zero-order valence-corrected chi connectivity index (χ0v) is 15.8. The average molecular weight is 385 g/mol. The fraction of sp³-hybridized carbons (Fsp3) is 0.167. The van der Waals surface area contributed by atoms with E-state index in [1.807, 2.05) is 52.2 Å². The van der Waals surface area contributed by atoms with Crippen molar-refractivity contribution >= 4 is 22.5 Å². The Labute approximate surface area is 168 Å². The summed E-state index contributed by atoms with van der Waals surface area (Å²) in [5.74, 6) is -0.0936. The number of nitrogens with zero attached hydrogens (tertiary/aromatic N) is 3. The second-order valence-electron chi connectivity index (χ2n) is 7.40. The summed E-state index contributed by atoms with van der Waals surface area (Å²) in [6.45, 7) is 0.568. The first-order chi connectivity index (χ1) is 14.2. The third-order valence-electron chi connectivity index (χ3n) is 5.55. The van der Waals surface area contributed by atoms with Crippen molar-refractivity contribution < 1.29 is 9.18 Å². The first-order valence-electron chi connectivity index (χ1n) is 9.76. The predicted octanol–water partition coefficient (Wildman–Crippen LogP) is 5.09. The highest BCUT2D eigenvalue weighted by molar-refractivity contribution is 5.98. The maximum atomic E-state index is 13.1. The fourth-order valence-corrected chi connectivity index (χ4v) is 4.11. The van der Waals surface area contributed by atoms with Crippen LogP contribution in [0, 0.1) is 5.82 Å². The Hall–Kier alpha value is -3.47. The molecule has 1 unspecified atom stereocenters. The van der Waals surface area contributed by atoms with Crippen LogP contribution in [0.25, 0.3) is 10.9 Å². The molecule has 1 amide bonds. The number of anilines is 1. The van der Waals surface area contributed by atoms with Gasteiger partial charge in [0.2, 0.25) is 5.91 Å². The van der Waals surface area contributed by atoms with Crippen LogP contribution in [0.5, 0.6) is 0 Å². The molecule has 29 heavy (non-hydrogen) atoms. The minimum atomic E-state index is -0.244. The summed E-state index contributed by atoms with van der Waals surface area (Å²) in [7, 11) is 0. The Morgan fingerprint density at radius 2 is 1.79 bits per heavy atom. The van der Waals surface area contributed by atoms with Gasteiger partial charge in [0.1, 0.15) is 5.82 Å². The average Bonchev–Trinajstić information content (AvgIpc) is 3.33. The second-order valence-corrected chi connectivity index (χ2v) is 7.40. The molecule has 2 heterocycles. The number of halogens is 1. The van der Waals surface area contributed by atoms with Crippen LogP contribution in [0.3, 0.4) is 0 Å². The van der Waals surface area contributed by atoms with Gasteiger partial charge < -0.3 is 4.90 Å². The zero-order chi connectivity index (χ0) is 19.8. The molecule has 144 valence electrons. The Balaban J connectivity index is 1.47. The number of hydrogen-bond acceptors (Lipinski definition) is 2. The molecule has 4 aromatic rings. The van der Waals surface area contributed by atoms with E-state index in [0.717, 1.165) is 34.1 Å². The van der Waals surface area contributed by atoms with Crippen molar-refractivity contribution in [2.24, 2.45) is 0 Å². The van der Waals surface area contributed by atoms with Gasteiger partial charge in [0, 0.05) is 17.5 Å². The third kappa shape index (κ3) is 3.29. The summed E-state index contributed by atoms with van der Waals surface area (Å²) in [6, 6.07) is 22.7. The van der Waals surface area contributed by atoms with E-state index in [1.54, 1.807) is 12.1 Å². The predicted molar refractivity (Wildman–Crippen MR) is 111 cm³/mol. The highest BCUT2D eigenvalue weighted by Gasteiger charge is 2.33. The minimum absolute atomic E-state index is 0.0652. The first-order valence-corrected chi connectivity index (χ1v) is 9.76. The van der Waals surface area contributed by atoms with Gasteiger partial charge in [0.25, 0.3) is 0 Å². The summed E-state index contributed by atoms with van der Waals surface area (Å²) in [6.07, 6.45) is 3.20. The van der Waals surface area contributed by atoms with Crippen molar-refractivity contribution in [1.29, 1.82) is 0 Å². The molecule has 1 aliphatic rings. The van der Waals surface area contributed by atoms with Crippen LogP contribution in [0.15, 0.2) is 79.0 Å².